The van der Waals surface area contributed by atoms with Gasteiger partial charge in [-0.1, -0.05) is 12.1 Å². The molecule has 7 heteroatoms. The number of hydrogen-bond donors (Lipinski definition) is 1. The summed E-state index contributed by atoms with van der Waals surface area (Å²) in [5.74, 6) is 0.876. The van der Waals surface area contributed by atoms with Gasteiger partial charge in [0.25, 0.3) is 5.91 Å². The molecule has 0 radical (unpaired) electrons. The molecule has 2 saturated heterocycles. The molecule has 0 atom stereocenters. The molecule has 2 fully saturated rings. The second-order valence-corrected chi connectivity index (χ2v) is 6.88. The summed E-state index contributed by atoms with van der Waals surface area (Å²) >= 11 is 0. The molecule has 2 aliphatic rings. The van der Waals surface area contributed by atoms with Crippen molar-refractivity contribution < 1.29 is 14.3 Å². The molecule has 0 saturated carbocycles. The van der Waals surface area contributed by atoms with Crippen molar-refractivity contribution in [3.8, 4) is 5.75 Å². The fourth-order valence-electron chi connectivity index (χ4n) is 3.73. The maximum absolute atomic E-state index is 12.9. The lowest BCUT2D eigenvalue weighted by Gasteiger charge is -2.36. The molecule has 7 nitrogen and oxygen atoms in total. The van der Waals surface area contributed by atoms with Crippen molar-refractivity contribution in [3.63, 3.8) is 0 Å². The summed E-state index contributed by atoms with van der Waals surface area (Å²) in [6.45, 7) is 4.14. The van der Waals surface area contributed by atoms with Crippen molar-refractivity contribution in [1.29, 1.82) is 0 Å². The number of anilines is 2. The average molecular weight is 380 g/mol. The van der Waals surface area contributed by atoms with Crippen LogP contribution in [0.1, 0.15) is 10.4 Å². The molecule has 3 amide bonds. The van der Waals surface area contributed by atoms with Crippen molar-refractivity contribution in [3.05, 3.63) is 54.1 Å². The van der Waals surface area contributed by atoms with Crippen LogP contribution in [-0.2, 0) is 0 Å². The van der Waals surface area contributed by atoms with Crippen LogP contribution < -0.4 is 19.9 Å². The molecule has 0 unspecified atom stereocenters. The van der Waals surface area contributed by atoms with E-state index in [4.69, 9.17) is 4.74 Å². The Kier molecular flexibility index (Phi) is 5.06. The van der Waals surface area contributed by atoms with E-state index in [1.807, 2.05) is 41.3 Å². The van der Waals surface area contributed by atoms with E-state index in [0.717, 1.165) is 30.2 Å². The molecular weight excluding hydrogens is 356 g/mol. The van der Waals surface area contributed by atoms with Gasteiger partial charge in [0, 0.05) is 50.5 Å². The summed E-state index contributed by atoms with van der Waals surface area (Å²) in [5.41, 5.74) is 2.52. The normalized spacial score (nSPS) is 16.9. The minimum absolute atomic E-state index is 0.0251. The topological polar surface area (TPSA) is 65.1 Å². The number of piperazine rings is 1. The number of carbonyl (C=O) groups excluding carboxylic acids is 2. The number of nitrogens with one attached hydrogen (secondary N) is 1. The van der Waals surface area contributed by atoms with E-state index in [9.17, 15) is 9.59 Å². The number of methoxy groups -OCH3 is 1. The summed E-state index contributed by atoms with van der Waals surface area (Å²) in [7, 11) is 1.67. The Morgan fingerprint density at radius 2 is 1.68 bits per heavy atom. The highest BCUT2D eigenvalue weighted by Gasteiger charge is 2.25. The molecule has 1 N–H and O–H groups in total. The highest BCUT2D eigenvalue weighted by atomic mass is 16.5. The standard InChI is InChI=1S/C21H24N4O3/c1-28-19-5-3-2-4-18(19)23-12-14-24(15-13-23)20(26)16-6-8-17(9-7-16)25-11-10-22-21(25)27/h2-9H,10-15H2,1H3,(H,22,27). The number of carbonyl (C=O) groups is 2. The van der Waals surface area contributed by atoms with Gasteiger partial charge in [-0.15, -0.1) is 0 Å². The Morgan fingerprint density at radius 3 is 2.32 bits per heavy atom. The predicted molar refractivity (Wildman–Crippen MR) is 108 cm³/mol. The van der Waals surface area contributed by atoms with Crippen LogP contribution in [0.4, 0.5) is 16.2 Å². The van der Waals surface area contributed by atoms with E-state index in [1.54, 1.807) is 24.1 Å². The molecular formula is C21H24N4O3. The highest BCUT2D eigenvalue weighted by molar-refractivity contribution is 5.97. The summed E-state index contributed by atoms with van der Waals surface area (Å²) in [6, 6.07) is 15.1. The van der Waals surface area contributed by atoms with Gasteiger partial charge in [0.05, 0.1) is 12.8 Å². The van der Waals surface area contributed by atoms with Crippen LogP contribution in [-0.4, -0.2) is 63.2 Å². The van der Waals surface area contributed by atoms with Gasteiger partial charge in [-0.3, -0.25) is 9.69 Å². The maximum atomic E-state index is 12.9. The van der Waals surface area contributed by atoms with Crippen molar-refractivity contribution in [2.75, 3.05) is 56.2 Å². The van der Waals surface area contributed by atoms with Gasteiger partial charge < -0.3 is 19.9 Å². The number of urea groups is 1. The van der Waals surface area contributed by atoms with Crippen LogP contribution in [0.15, 0.2) is 48.5 Å². The molecule has 146 valence electrons. The van der Waals surface area contributed by atoms with Crippen molar-refractivity contribution in [2.45, 2.75) is 0 Å². The van der Waals surface area contributed by atoms with E-state index >= 15 is 0 Å². The Bertz CT molecular complexity index is 860. The van der Waals surface area contributed by atoms with E-state index in [0.29, 0.717) is 31.7 Å². The second-order valence-electron chi connectivity index (χ2n) is 6.88. The molecule has 0 bridgehead atoms. The van der Waals surface area contributed by atoms with Crippen LogP contribution in [0.3, 0.4) is 0 Å². The van der Waals surface area contributed by atoms with Gasteiger partial charge in [0.2, 0.25) is 0 Å². The molecule has 2 aromatic rings. The maximum Gasteiger partial charge on any atom is 0.321 e. The number of hydrogen-bond acceptors (Lipinski definition) is 4. The smallest absolute Gasteiger partial charge is 0.321 e. The summed E-state index contributed by atoms with van der Waals surface area (Å²) < 4.78 is 5.45. The molecule has 0 aliphatic carbocycles. The van der Waals surface area contributed by atoms with Gasteiger partial charge >= 0.3 is 6.03 Å². The Morgan fingerprint density at radius 1 is 0.964 bits per heavy atom. The number of rotatable bonds is 4. The fraction of sp³-hybridized carbons (Fsp3) is 0.333. The molecule has 28 heavy (non-hydrogen) atoms. The summed E-state index contributed by atoms with van der Waals surface area (Å²) in [4.78, 5) is 30.4. The van der Waals surface area contributed by atoms with Gasteiger partial charge in [-0.25, -0.2) is 4.79 Å². The third-order valence-corrected chi connectivity index (χ3v) is 5.28. The van der Waals surface area contributed by atoms with Gasteiger partial charge in [-0.2, -0.15) is 0 Å². The quantitative estimate of drug-likeness (QED) is 0.883. The first-order chi connectivity index (χ1) is 13.7. The first-order valence-corrected chi connectivity index (χ1v) is 9.50. The SMILES string of the molecule is COc1ccccc1N1CCN(C(=O)c2ccc(N3CCNC3=O)cc2)CC1. The minimum atomic E-state index is -0.0912. The summed E-state index contributed by atoms with van der Waals surface area (Å²) in [6.07, 6.45) is 0. The predicted octanol–water partition coefficient (Wildman–Crippen LogP) is 2.19. The zero-order valence-corrected chi connectivity index (χ0v) is 15.9. The average Bonchev–Trinajstić information content (AvgIpc) is 3.19. The third-order valence-electron chi connectivity index (χ3n) is 5.28. The van der Waals surface area contributed by atoms with E-state index in [-0.39, 0.29) is 11.9 Å². The Hall–Kier alpha value is -3.22. The zero-order valence-electron chi connectivity index (χ0n) is 15.9. The lowest BCUT2D eigenvalue weighted by molar-refractivity contribution is 0.0746. The van der Waals surface area contributed by atoms with Gasteiger partial charge in [-0.05, 0) is 36.4 Å². The van der Waals surface area contributed by atoms with Gasteiger partial charge in [0.1, 0.15) is 5.75 Å². The molecule has 0 spiro atoms. The van der Waals surface area contributed by atoms with Crippen LogP contribution in [0.5, 0.6) is 5.75 Å². The lowest BCUT2D eigenvalue weighted by Crippen LogP contribution is -2.48. The minimum Gasteiger partial charge on any atom is -0.495 e. The first kappa shape index (κ1) is 18.2. The van der Waals surface area contributed by atoms with Crippen LogP contribution in [0.25, 0.3) is 0 Å². The number of nitrogens with zero attached hydrogens (tertiary/aromatic N) is 3. The van der Waals surface area contributed by atoms with Gasteiger partial charge in [0.15, 0.2) is 0 Å². The van der Waals surface area contributed by atoms with Crippen molar-refractivity contribution in [2.24, 2.45) is 0 Å². The Labute approximate surface area is 164 Å². The van der Waals surface area contributed by atoms with Crippen LogP contribution in [0, 0.1) is 0 Å². The number of para-hydroxylation sites is 2. The largest absolute Gasteiger partial charge is 0.495 e. The van der Waals surface area contributed by atoms with Crippen LogP contribution >= 0.6 is 0 Å². The van der Waals surface area contributed by atoms with Crippen molar-refractivity contribution >= 4 is 23.3 Å². The summed E-state index contributed by atoms with van der Waals surface area (Å²) in [5, 5.41) is 2.78. The zero-order chi connectivity index (χ0) is 19.5. The van der Waals surface area contributed by atoms with E-state index in [1.165, 1.54) is 0 Å². The third kappa shape index (κ3) is 3.47. The molecule has 2 aromatic carbocycles. The number of amides is 3. The van der Waals surface area contributed by atoms with E-state index < -0.39 is 0 Å². The van der Waals surface area contributed by atoms with E-state index in [2.05, 4.69) is 10.2 Å². The number of ether oxygens (including phenoxy) is 1. The monoisotopic (exact) mass is 380 g/mol. The van der Waals surface area contributed by atoms with Crippen molar-refractivity contribution in [1.82, 2.24) is 10.2 Å². The fourth-order valence-corrected chi connectivity index (χ4v) is 3.73. The molecule has 2 aliphatic heterocycles. The highest BCUT2D eigenvalue weighted by Crippen LogP contribution is 2.28. The lowest BCUT2D eigenvalue weighted by atomic mass is 10.1. The number of benzene rings is 2. The molecule has 0 aromatic heterocycles. The van der Waals surface area contributed by atoms with Crippen LogP contribution in [0.2, 0.25) is 0 Å². The first-order valence-electron chi connectivity index (χ1n) is 9.50. The Balaban J connectivity index is 1.39. The molecule has 4 rings (SSSR count). The second kappa shape index (κ2) is 7.80. The molecule has 2 heterocycles.